The second-order valence-electron chi connectivity index (χ2n) is 4.01. The van der Waals surface area contributed by atoms with E-state index in [0.29, 0.717) is 22.3 Å². The van der Waals surface area contributed by atoms with Gasteiger partial charge in [-0.05, 0) is 29.8 Å². The normalized spacial score (nSPS) is 10.3. The maximum Gasteiger partial charge on any atom is 0.292 e. The molecule has 0 saturated heterocycles. The second-order valence-corrected chi connectivity index (χ2v) is 5.74. The van der Waals surface area contributed by atoms with E-state index >= 15 is 0 Å². The van der Waals surface area contributed by atoms with E-state index in [0.717, 1.165) is 10.0 Å². The fraction of sp³-hybridized carbons (Fsp3) is 0.0769. The first-order valence-electron chi connectivity index (χ1n) is 5.59. The Bertz CT molecular complexity index is 665. The zero-order valence-corrected chi connectivity index (χ0v) is 13.2. The number of nitrogens with zero attached hydrogens (tertiary/aromatic N) is 1. The minimum atomic E-state index is -0.449. The van der Waals surface area contributed by atoms with E-state index in [9.17, 15) is 10.1 Å². The molecule has 7 heteroatoms. The summed E-state index contributed by atoms with van der Waals surface area (Å²) in [5, 5.41) is 15.0. The van der Waals surface area contributed by atoms with Gasteiger partial charge in [-0.25, -0.2) is 0 Å². The van der Waals surface area contributed by atoms with Gasteiger partial charge in [0.25, 0.3) is 5.69 Å². The number of halogens is 3. The van der Waals surface area contributed by atoms with Crippen molar-refractivity contribution in [1.82, 2.24) is 0 Å². The van der Waals surface area contributed by atoms with Gasteiger partial charge in [-0.1, -0.05) is 45.2 Å². The van der Waals surface area contributed by atoms with E-state index in [2.05, 4.69) is 21.2 Å². The van der Waals surface area contributed by atoms with Crippen molar-refractivity contribution in [3.05, 3.63) is 66.6 Å². The lowest BCUT2D eigenvalue weighted by atomic mass is 10.2. The molecule has 20 heavy (non-hydrogen) atoms. The van der Waals surface area contributed by atoms with Gasteiger partial charge in [-0.3, -0.25) is 10.1 Å². The molecule has 0 spiro atoms. The number of nitrogens with one attached hydrogen (secondary N) is 1. The largest absolute Gasteiger partial charge is 0.375 e. The Hall–Kier alpha value is -1.30. The summed E-state index contributed by atoms with van der Waals surface area (Å²) in [6.07, 6.45) is 0. The van der Waals surface area contributed by atoms with Crippen molar-refractivity contribution in [1.29, 1.82) is 0 Å². The summed E-state index contributed by atoms with van der Waals surface area (Å²) in [4.78, 5) is 10.5. The summed E-state index contributed by atoms with van der Waals surface area (Å²) in [5.41, 5.74) is 1.30. The Morgan fingerprint density at radius 3 is 2.45 bits per heavy atom. The van der Waals surface area contributed by atoms with Gasteiger partial charge in [0.1, 0.15) is 5.69 Å². The lowest BCUT2D eigenvalue weighted by Crippen LogP contribution is -2.03. The fourth-order valence-corrected chi connectivity index (χ4v) is 2.66. The van der Waals surface area contributed by atoms with Crippen molar-refractivity contribution in [2.45, 2.75) is 6.54 Å². The van der Waals surface area contributed by atoms with Gasteiger partial charge in [0, 0.05) is 27.1 Å². The zero-order chi connectivity index (χ0) is 14.7. The van der Waals surface area contributed by atoms with Gasteiger partial charge in [0.15, 0.2) is 0 Å². The van der Waals surface area contributed by atoms with Crippen LogP contribution >= 0.6 is 39.1 Å². The quantitative estimate of drug-likeness (QED) is 0.584. The molecule has 0 amide bonds. The van der Waals surface area contributed by atoms with Crippen LogP contribution in [0.15, 0.2) is 40.9 Å². The molecule has 0 aromatic heterocycles. The van der Waals surface area contributed by atoms with Crippen LogP contribution < -0.4 is 5.32 Å². The van der Waals surface area contributed by atoms with Crippen LogP contribution in [0.1, 0.15) is 5.56 Å². The molecule has 0 bridgehead atoms. The summed E-state index contributed by atoms with van der Waals surface area (Å²) in [6.45, 7) is 0.416. The maximum absolute atomic E-state index is 11.0. The molecule has 0 atom stereocenters. The summed E-state index contributed by atoms with van der Waals surface area (Å²) in [6, 6.07) is 9.77. The number of anilines is 1. The molecule has 0 heterocycles. The lowest BCUT2D eigenvalue weighted by molar-refractivity contribution is -0.384. The average molecular weight is 376 g/mol. The van der Waals surface area contributed by atoms with Crippen LogP contribution in [0.4, 0.5) is 11.4 Å². The topological polar surface area (TPSA) is 55.2 Å². The minimum Gasteiger partial charge on any atom is -0.375 e. The van der Waals surface area contributed by atoms with Crippen LogP contribution in [0.2, 0.25) is 10.0 Å². The van der Waals surface area contributed by atoms with Gasteiger partial charge in [-0.15, -0.1) is 0 Å². The first-order valence-corrected chi connectivity index (χ1v) is 7.14. The van der Waals surface area contributed by atoms with Gasteiger partial charge in [0.2, 0.25) is 0 Å². The summed E-state index contributed by atoms with van der Waals surface area (Å²) >= 11 is 15.1. The maximum atomic E-state index is 11.0. The van der Waals surface area contributed by atoms with Crippen LogP contribution in [0.3, 0.4) is 0 Å². The van der Waals surface area contributed by atoms with Gasteiger partial charge >= 0.3 is 0 Å². The molecule has 0 saturated carbocycles. The van der Waals surface area contributed by atoms with Crippen LogP contribution in [0.5, 0.6) is 0 Å². The van der Waals surface area contributed by atoms with Gasteiger partial charge in [0.05, 0.1) is 4.92 Å². The van der Waals surface area contributed by atoms with Gasteiger partial charge in [-0.2, -0.15) is 0 Å². The number of rotatable bonds is 4. The van der Waals surface area contributed by atoms with E-state index in [-0.39, 0.29) is 5.69 Å². The Morgan fingerprint density at radius 2 is 1.80 bits per heavy atom. The molecular weight excluding hydrogens is 367 g/mol. The molecule has 1 N–H and O–H groups in total. The molecule has 104 valence electrons. The molecule has 0 aliphatic rings. The fourth-order valence-electron chi connectivity index (χ4n) is 1.66. The van der Waals surface area contributed by atoms with Crippen molar-refractivity contribution < 1.29 is 4.92 Å². The highest BCUT2D eigenvalue weighted by Gasteiger charge is 2.14. The second kappa shape index (κ2) is 6.43. The van der Waals surface area contributed by atoms with Crippen molar-refractivity contribution in [3.8, 4) is 0 Å². The lowest BCUT2D eigenvalue weighted by Gasteiger charge is -2.09. The third-order valence-electron chi connectivity index (χ3n) is 2.64. The summed E-state index contributed by atoms with van der Waals surface area (Å²) in [5.74, 6) is 0. The number of nitro groups is 1. The highest BCUT2D eigenvalue weighted by atomic mass is 79.9. The predicted octanol–water partition coefficient (Wildman–Crippen LogP) is 5.28. The average Bonchev–Trinajstić information content (AvgIpc) is 2.37. The van der Waals surface area contributed by atoms with Crippen molar-refractivity contribution in [2.24, 2.45) is 0 Å². The van der Waals surface area contributed by atoms with Crippen LogP contribution in [-0.4, -0.2) is 4.92 Å². The van der Waals surface area contributed by atoms with Crippen LogP contribution in [-0.2, 0) is 6.54 Å². The van der Waals surface area contributed by atoms with E-state index in [1.165, 1.54) is 18.2 Å². The molecule has 0 fully saturated rings. The molecule has 0 aliphatic carbocycles. The first kappa shape index (κ1) is 15.1. The highest BCUT2D eigenvalue weighted by molar-refractivity contribution is 9.10. The van der Waals surface area contributed by atoms with Gasteiger partial charge < -0.3 is 5.32 Å². The smallest absolute Gasteiger partial charge is 0.292 e. The number of hydrogen-bond acceptors (Lipinski definition) is 3. The third-order valence-corrected chi connectivity index (χ3v) is 3.85. The Balaban J connectivity index is 2.22. The van der Waals surface area contributed by atoms with E-state index in [1.54, 1.807) is 12.1 Å². The molecule has 0 unspecified atom stereocenters. The molecule has 0 radical (unpaired) electrons. The monoisotopic (exact) mass is 374 g/mol. The standard InChI is InChI=1S/C13H9BrCl2N2O2/c14-11-5-9(15)2-1-8(11)7-17-12-6-10(16)3-4-13(12)18(19)20/h1-6,17H,7H2. The number of nitro benzene ring substituents is 1. The summed E-state index contributed by atoms with van der Waals surface area (Å²) < 4.78 is 0.835. The Kier molecular flexibility index (Phi) is 4.86. The molecule has 2 aromatic rings. The molecular formula is C13H9BrCl2N2O2. The highest BCUT2D eigenvalue weighted by Crippen LogP contribution is 2.29. The minimum absolute atomic E-state index is 0.0144. The Morgan fingerprint density at radius 1 is 1.15 bits per heavy atom. The van der Waals surface area contributed by atoms with E-state index in [4.69, 9.17) is 23.2 Å². The third kappa shape index (κ3) is 3.62. The van der Waals surface area contributed by atoms with Crippen molar-refractivity contribution >= 4 is 50.5 Å². The SMILES string of the molecule is O=[N+]([O-])c1ccc(Cl)cc1NCc1ccc(Cl)cc1Br. The molecule has 0 aliphatic heterocycles. The van der Waals surface area contributed by atoms with Crippen LogP contribution in [0.25, 0.3) is 0 Å². The Labute approximate surface area is 134 Å². The first-order chi connectivity index (χ1) is 9.47. The van der Waals surface area contributed by atoms with E-state index < -0.39 is 4.92 Å². The molecule has 2 rings (SSSR count). The number of benzene rings is 2. The predicted molar refractivity (Wildman–Crippen MR) is 84.6 cm³/mol. The van der Waals surface area contributed by atoms with Crippen molar-refractivity contribution in [3.63, 3.8) is 0 Å². The van der Waals surface area contributed by atoms with E-state index in [1.807, 2.05) is 6.07 Å². The molecule has 2 aromatic carbocycles. The van der Waals surface area contributed by atoms with Crippen LogP contribution in [0, 0.1) is 10.1 Å². The summed E-state index contributed by atoms with van der Waals surface area (Å²) in [7, 11) is 0. The number of hydrogen-bond donors (Lipinski definition) is 1. The zero-order valence-electron chi connectivity index (χ0n) is 10.1. The van der Waals surface area contributed by atoms with Crippen molar-refractivity contribution in [2.75, 3.05) is 5.32 Å². The molecule has 4 nitrogen and oxygen atoms in total.